The second-order valence-electron chi connectivity index (χ2n) is 6.39. The third kappa shape index (κ3) is 3.50. The summed E-state index contributed by atoms with van der Waals surface area (Å²) in [6, 6.07) is 8.84. The van der Waals surface area contributed by atoms with Crippen LogP contribution in [0.25, 0.3) is 0 Å². The van der Waals surface area contributed by atoms with Crippen molar-refractivity contribution in [2.24, 2.45) is 5.41 Å². The molecule has 0 radical (unpaired) electrons. The minimum atomic E-state index is 0.169. The quantitative estimate of drug-likeness (QED) is 0.811. The summed E-state index contributed by atoms with van der Waals surface area (Å²) in [6.45, 7) is 8.19. The number of hydrogen-bond donors (Lipinski definition) is 2. The van der Waals surface area contributed by atoms with Crippen molar-refractivity contribution in [3.05, 3.63) is 24.3 Å². The summed E-state index contributed by atoms with van der Waals surface area (Å²) in [5, 5.41) is 12.6. The predicted molar refractivity (Wildman–Crippen MR) is 88.0 cm³/mol. The number of ether oxygens (including phenoxy) is 1. The molecule has 4 heteroatoms. The van der Waals surface area contributed by atoms with Gasteiger partial charge < -0.3 is 20.1 Å². The fourth-order valence-electron chi connectivity index (χ4n) is 2.91. The molecule has 1 aliphatic carbocycles. The van der Waals surface area contributed by atoms with Gasteiger partial charge in [0.2, 0.25) is 0 Å². The molecule has 2 rings (SSSR count). The number of nitrogens with zero attached hydrogens (tertiary/aromatic N) is 1. The van der Waals surface area contributed by atoms with Gasteiger partial charge in [-0.15, -0.1) is 0 Å². The molecule has 118 valence electrons. The van der Waals surface area contributed by atoms with E-state index in [0.717, 1.165) is 24.4 Å². The Kier molecular flexibility index (Phi) is 5.12. The van der Waals surface area contributed by atoms with Gasteiger partial charge in [-0.2, -0.15) is 0 Å². The number of aliphatic hydroxyl groups excluding tert-OH is 1. The Bertz CT molecular complexity index is 445. The molecule has 0 spiro atoms. The van der Waals surface area contributed by atoms with Crippen molar-refractivity contribution in [3.63, 3.8) is 0 Å². The lowest BCUT2D eigenvalue weighted by atomic mass is 9.64. The van der Waals surface area contributed by atoms with Crippen LogP contribution in [0.5, 0.6) is 0 Å². The highest BCUT2D eigenvalue weighted by molar-refractivity contribution is 5.55. The third-order valence-electron chi connectivity index (χ3n) is 4.63. The zero-order chi connectivity index (χ0) is 15.5. The summed E-state index contributed by atoms with van der Waals surface area (Å²) in [5.41, 5.74) is 2.43. The van der Waals surface area contributed by atoms with E-state index >= 15 is 0 Å². The highest BCUT2D eigenvalue weighted by Gasteiger charge is 2.48. The Balaban J connectivity index is 1.93. The molecule has 1 aromatic carbocycles. The molecular formula is C17H28N2O2. The van der Waals surface area contributed by atoms with Gasteiger partial charge in [0.15, 0.2) is 0 Å². The number of aliphatic hydroxyl groups is 1. The summed E-state index contributed by atoms with van der Waals surface area (Å²) in [5.74, 6) is 0. The summed E-state index contributed by atoms with van der Waals surface area (Å²) < 4.78 is 5.77. The maximum Gasteiger partial charge on any atom is 0.0665 e. The van der Waals surface area contributed by atoms with E-state index in [1.807, 2.05) is 11.9 Å². The molecule has 4 nitrogen and oxygen atoms in total. The van der Waals surface area contributed by atoms with E-state index in [9.17, 15) is 0 Å². The molecule has 0 aliphatic heterocycles. The minimum Gasteiger partial charge on any atom is -0.395 e. The zero-order valence-corrected chi connectivity index (χ0v) is 13.6. The first-order valence-electron chi connectivity index (χ1n) is 7.79. The summed E-state index contributed by atoms with van der Waals surface area (Å²) in [7, 11) is 1.99. The molecule has 0 saturated heterocycles. The van der Waals surface area contributed by atoms with Crippen LogP contribution in [0.2, 0.25) is 0 Å². The largest absolute Gasteiger partial charge is 0.395 e. The van der Waals surface area contributed by atoms with Crippen LogP contribution < -0.4 is 10.2 Å². The van der Waals surface area contributed by atoms with E-state index in [1.54, 1.807) is 0 Å². The Hall–Kier alpha value is -1.26. The van der Waals surface area contributed by atoms with Gasteiger partial charge in [-0.1, -0.05) is 13.8 Å². The third-order valence-corrected chi connectivity index (χ3v) is 4.63. The van der Waals surface area contributed by atoms with Crippen LogP contribution in [0, 0.1) is 5.41 Å². The lowest BCUT2D eigenvalue weighted by Crippen LogP contribution is -2.58. The van der Waals surface area contributed by atoms with Crippen molar-refractivity contribution < 1.29 is 9.84 Å². The van der Waals surface area contributed by atoms with Gasteiger partial charge in [-0.05, 0) is 37.6 Å². The molecule has 2 unspecified atom stereocenters. The molecule has 2 atom stereocenters. The number of likely N-dealkylation sites (N-methyl/N-ethyl adjacent to an activating group) is 1. The SMILES string of the molecule is CCOC1CC(Nc2ccc(N(C)CCO)cc2)C1(C)C. The monoisotopic (exact) mass is 292 g/mol. The highest BCUT2D eigenvalue weighted by atomic mass is 16.5. The molecule has 0 heterocycles. The van der Waals surface area contributed by atoms with Crippen LogP contribution in [-0.2, 0) is 4.74 Å². The van der Waals surface area contributed by atoms with Gasteiger partial charge in [0.25, 0.3) is 0 Å². The maximum absolute atomic E-state index is 8.97. The number of hydrogen-bond acceptors (Lipinski definition) is 4. The summed E-state index contributed by atoms with van der Waals surface area (Å²) in [4.78, 5) is 2.04. The van der Waals surface area contributed by atoms with Crippen molar-refractivity contribution >= 4 is 11.4 Å². The van der Waals surface area contributed by atoms with E-state index in [1.165, 1.54) is 0 Å². The Morgan fingerprint density at radius 2 is 2.00 bits per heavy atom. The molecular weight excluding hydrogens is 264 g/mol. The van der Waals surface area contributed by atoms with E-state index in [0.29, 0.717) is 18.7 Å². The van der Waals surface area contributed by atoms with Gasteiger partial charge in [-0.25, -0.2) is 0 Å². The first kappa shape index (κ1) is 16.1. The average Bonchev–Trinajstić information content (AvgIpc) is 2.47. The molecule has 0 amide bonds. The van der Waals surface area contributed by atoms with Crippen LogP contribution in [0.15, 0.2) is 24.3 Å². The zero-order valence-electron chi connectivity index (χ0n) is 13.6. The first-order valence-corrected chi connectivity index (χ1v) is 7.79. The van der Waals surface area contributed by atoms with Crippen molar-refractivity contribution in [3.8, 4) is 0 Å². The van der Waals surface area contributed by atoms with E-state index in [-0.39, 0.29) is 12.0 Å². The van der Waals surface area contributed by atoms with Gasteiger partial charge in [0, 0.05) is 43.0 Å². The number of anilines is 2. The van der Waals surface area contributed by atoms with Crippen molar-refractivity contribution in [1.29, 1.82) is 0 Å². The first-order chi connectivity index (χ1) is 9.98. The number of rotatable bonds is 7. The number of nitrogens with one attached hydrogen (secondary N) is 1. The van der Waals surface area contributed by atoms with Crippen molar-refractivity contribution in [2.75, 3.05) is 37.0 Å². The van der Waals surface area contributed by atoms with Crippen LogP contribution in [-0.4, -0.2) is 44.1 Å². The van der Waals surface area contributed by atoms with Crippen LogP contribution in [0.4, 0.5) is 11.4 Å². The highest BCUT2D eigenvalue weighted by Crippen LogP contribution is 2.44. The summed E-state index contributed by atoms with van der Waals surface area (Å²) in [6.07, 6.45) is 1.42. The molecule has 21 heavy (non-hydrogen) atoms. The van der Waals surface area contributed by atoms with Gasteiger partial charge in [-0.3, -0.25) is 0 Å². The second kappa shape index (κ2) is 6.67. The number of benzene rings is 1. The Morgan fingerprint density at radius 1 is 1.33 bits per heavy atom. The minimum absolute atomic E-state index is 0.169. The second-order valence-corrected chi connectivity index (χ2v) is 6.39. The standard InChI is InChI=1S/C17H28N2O2/c1-5-21-16-12-15(17(16,2)3)18-13-6-8-14(9-7-13)19(4)10-11-20/h6-9,15-16,18,20H,5,10-12H2,1-4H3. The van der Waals surface area contributed by atoms with E-state index < -0.39 is 0 Å². The van der Waals surface area contributed by atoms with Crippen molar-refractivity contribution in [2.45, 2.75) is 39.3 Å². The Labute approximate surface area is 128 Å². The maximum atomic E-state index is 8.97. The lowest BCUT2D eigenvalue weighted by molar-refractivity contribution is -0.0975. The molecule has 0 aromatic heterocycles. The fraction of sp³-hybridized carbons (Fsp3) is 0.647. The van der Waals surface area contributed by atoms with Crippen molar-refractivity contribution in [1.82, 2.24) is 0 Å². The topological polar surface area (TPSA) is 44.7 Å². The molecule has 0 bridgehead atoms. The van der Waals surface area contributed by atoms with Gasteiger partial charge in [0.05, 0.1) is 12.7 Å². The molecule has 2 N–H and O–H groups in total. The predicted octanol–water partition coefficient (Wildman–Crippen LogP) is 2.73. The molecule has 1 aromatic rings. The molecule has 1 aliphatic rings. The van der Waals surface area contributed by atoms with Crippen LogP contribution in [0.3, 0.4) is 0 Å². The fourth-order valence-corrected chi connectivity index (χ4v) is 2.91. The normalized spacial score (nSPS) is 23.5. The van der Waals surface area contributed by atoms with Crippen LogP contribution >= 0.6 is 0 Å². The van der Waals surface area contributed by atoms with E-state index in [2.05, 4.69) is 50.4 Å². The van der Waals surface area contributed by atoms with Crippen LogP contribution in [0.1, 0.15) is 27.2 Å². The Morgan fingerprint density at radius 3 is 2.52 bits per heavy atom. The smallest absolute Gasteiger partial charge is 0.0665 e. The average molecular weight is 292 g/mol. The van der Waals surface area contributed by atoms with E-state index in [4.69, 9.17) is 9.84 Å². The van der Waals surface area contributed by atoms with Gasteiger partial charge in [0.1, 0.15) is 0 Å². The molecule has 1 fully saturated rings. The van der Waals surface area contributed by atoms with Gasteiger partial charge >= 0.3 is 0 Å². The lowest BCUT2D eigenvalue weighted by Gasteiger charge is -2.52. The summed E-state index contributed by atoms with van der Waals surface area (Å²) >= 11 is 0. The molecule has 1 saturated carbocycles.